The Balaban J connectivity index is 2.58. The zero-order valence-electron chi connectivity index (χ0n) is 7.63. The number of hydrogen-bond acceptors (Lipinski definition) is 2. The molecule has 0 fully saturated rings. The molecule has 0 N–H and O–H groups in total. The van der Waals surface area contributed by atoms with Crippen LogP contribution in [0.15, 0.2) is 4.99 Å². The monoisotopic (exact) mass is 155 g/mol. The van der Waals surface area contributed by atoms with Crippen molar-refractivity contribution in [2.75, 3.05) is 7.11 Å². The van der Waals surface area contributed by atoms with Gasteiger partial charge in [0, 0.05) is 6.42 Å². The van der Waals surface area contributed by atoms with Crippen molar-refractivity contribution in [1.82, 2.24) is 0 Å². The highest BCUT2D eigenvalue weighted by atomic mass is 16.5. The molecule has 0 aliphatic carbocycles. The lowest BCUT2D eigenvalue weighted by atomic mass is 10.0. The summed E-state index contributed by atoms with van der Waals surface area (Å²) in [4.78, 5) is 4.44. The van der Waals surface area contributed by atoms with Crippen LogP contribution in [-0.2, 0) is 4.74 Å². The van der Waals surface area contributed by atoms with Crippen LogP contribution in [-0.4, -0.2) is 19.0 Å². The van der Waals surface area contributed by atoms with Gasteiger partial charge >= 0.3 is 0 Å². The molecule has 11 heavy (non-hydrogen) atoms. The van der Waals surface area contributed by atoms with Crippen LogP contribution < -0.4 is 0 Å². The Morgan fingerprint density at radius 1 is 1.36 bits per heavy atom. The van der Waals surface area contributed by atoms with Crippen molar-refractivity contribution in [2.24, 2.45) is 10.9 Å². The number of nitrogens with zero attached hydrogens (tertiary/aromatic N) is 1. The van der Waals surface area contributed by atoms with Gasteiger partial charge in [-0.15, -0.1) is 0 Å². The minimum atomic E-state index is 0.454. The molecule has 1 aliphatic rings. The number of ether oxygens (including phenoxy) is 1. The second-order valence-corrected chi connectivity index (χ2v) is 3.46. The largest absolute Gasteiger partial charge is 0.484 e. The molecule has 0 aromatic carbocycles. The maximum atomic E-state index is 5.16. The molecule has 0 aromatic heterocycles. The fraction of sp³-hybridized carbons (Fsp3) is 0.889. The van der Waals surface area contributed by atoms with Crippen LogP contribution in [0.25, 0.3) is 0 Å². The maximum absolute atomic E-state index is 5.16. The maximum Gasteiger partial charge on any atom is 0.183 e. The highest BCUT2D eigenvalue weighted by molar-refractivity contribution is 5.76. The summed E-state index contributed by atoms with van der Waals surface area (Å²) >= 11 is 0. The zero-order chi connectivity index (χ0) is 8.27. The van der Waals surface area contributed by atoms with Gasteiger partial charge in [0.2, 0.25) is 0 Å². The Morgan fingerprint density at radius 3 is 2.73 bits per heavy atom. The lowest BCUT2D eigenvalue weighted by Crippen LogP contribution is -2.05. The van der Waals surface area contributed by atoms with Crippen LogP contribution >= 0.6 is 0 Å². The SMILES string of the molecule is COC1=NC(C)CCC(C)C1. The zero-order valence-corrected chi connectivity index (χ0v) is 7.63. The second kappa shape index (κ2) is 3.74. The van der Waals surface area contributed by atoms with Crippen LogP contribution in [0.1, 0.15) is 33.1 Å². The third-order valence-corrected chi connectivity index (χ3v) is 2.20. The van der Waals surface area contributed by atoms with E-state index in [9.17, 15) is 0 Å². The second-order valence-electron chi connectivity index (χ2n) is 3.46. The summed E-state index contributed by atoms with van der Waals surface area (Å²) in [6.45, 7) is 4.41. The first kappa shape index (κ1) is 8.57. The smallest absolute Gasteiger partial charge is 0.183 e. The van der Waals surface area contributed by atoms with E-state index in [-0.39, 0.29) is 0 Å². The Kier molecular flexibility index (Phi) is 2.92. The summed E-state index contributed by atoms with van der Waals surface area (Å²) < 4.78 is 5.16. The van der Waals surface area contributed by atoms with E-state index in [2.05, 4.69) is 18.8 Å². The molecule has 0 bridgehead atoms. The molecule has 2 nitrogen and oxygen atoms in total. The van der Waals surface area contributed by atoms with E-state index < -0.39 is 0 Å². The predicted molar refractivity (Wildman–Crippen MR) is 46.9 cm³/mol. The molecule has 0 radical (unpaired) electrons. The molecule has 64 valence electrons. The molecule has 0 amide bonds. The van der Waals surface area contributed by atoms with E-state index in [1.807, 2.05) is 0 Å². The first-order chi connectivity index (χ1) is 5.22. The topological polar surface area (TPSA) is 21.6 Å². The molecule has 0 spiro atoms. The minimum absolute atomic E-state index is 0.454. The highest BCUT2D eigenvalue weighted by Crippen LogP contribution is 2.19. The van der Waals surface area contributed by atoms with Crippen LogP contribution in [0.4, 0.5) is 0 Å². The highest BCUT2D eigenvalue weighted by Gasteiger charge is 2.14. The van der Waals surface area contributed by atoms with Gasteiger partial charge in [0.25, 0.3) is 0 Å². The molecule has 1 heterocycles. The molecule has 2 unspecified atom stereocenters. The van der Waals surface area contributed by atoms with E-state index in [1.165, 1.54) is 12.8 Å². The average molecular weight is 155 g/mol. The minimum Gasteiger partial charge on any atom is -0.484 e. The third kappa shape index (κ3) is 2.52. The van der Waals surface area contributed by atoms with Gasteiger partial charge < -0.3 is 4.74 Å². The molecule has 1 rings (SSSR count). The van der Waals surface area contributed by atoms with Crippen molar-refractivity contribution < 1.29 is 4.74 Å². The van der Waals surface area contributed by atoms with Crippen molar-refractivity contribution in [3.8, 4) is 0 Å². The van der Waals surface area contributed by atoms with Gasteiger partial charge in [-0.25, -0.2) is 0 Å². The van der Waals surface area contributed by atoms with Crippen LogP contribution in [0.3, 0.4) is 0 Å². The molecular weight excluding hydrogens is 138 g/mol. The van der Waals surface area contributed by atoms with Gasteiger partial charge in [0.05, 0.1) is 13.2 Å². The molecule has 0 saturated heterocycles. The van der Waals surface area contributed by atoms with Crippen LogP contribution in [0.2, 0.25) is 0 Å². The van der Waals surface area contributed by atoms with E-state index in [4.69, 9.17) is 4.74 Å². The lowest BCUT2D eigenvalue weighted by Gasteiger charge is -2.06. The summed E-state index contributed by atoms with van der Waals surface area (Å²) in [6.07, 6.45) is 3.49. The summed E-state index contributed by atoms with van der Waals surface area (Å²) in [5.74, 6) is 1.67. The summed E-state index contributed by atoms with van der Waals surface area (Å²) in [5.41, 5.74) is 0. The van der Waals surface area contributed by atoms with Crippen molar-refractivity contribution in [2.45, 2.75) is 39.2 Å². The first-order valence-corrected chi connectivity index (χ1v) is 4.33. The van der Waals surface area contributed by atoms with E-state index >= 15 is 0 Å². The predicted octanol–water partition coefficient (Wildman–Crippen LogP) is 2.24. The fourth-order valence-corrected chi connectivity index (χ4v) is 1.42. The van der Waals surface area contributed by atoms with E-state index in [0.717, 1.165) is 18.2 Å². The standard InChI is InChI=1S/C9H17NO/c1-7-4-5-8(2)10-9(6-7)11-3/h7-8H,4-6H2,1-3H3. The van der Waals surface area contributed by atoms with E-state index in [1.54, 1.807) is 7.11 Å². The average Bonchev–Trinajstić information content (AvgIpc) is 2.13. The van der Waals surface area contributed by atoms with Crippen LogP contribution in [0.5, 0.6) is 0 Å². The lowest BCUT2D eigenvalue weighted by molar-refractivity contribution is 0.377. The molecule has 2 atom stereocenters. The molecule has 1 aliphatic heterocycles. The number of hydrogen-bond donors (Lipinski definition) is 0. The van der Waals surface area contributed by atoms with E-state index in [0.29, 0.717) is 6.04 Å². The first-order valence-electron chi connectivity index (χ1n) is 4.33. The summed E-state index contributed by atoms with van der Waals surface area (Å²) in [6, 6.07) is 0.454. The molecular formula is C9H17NO. The number of rotatable bonds is 0. The van der Waals surface area contributed by atoms with Crippen molar-refractivity contribution in [3.05, 3.63) is 0 Å². The van der Waals surface area contributed by atoms with Crippen molar-refractivity contribution in [3.63, 3.8) is 0 Å². The van der Waals surface area contributed by atoms with Gasteiger partial charge in [-0.3, -0.25) is 4.99 Å². The molecule has 2 heteroatoms. The number of aliphatic imine (C=N–C) groups is 1. The number of methoxy groups -OCH3 is 1. The Labute approximate surface area is 68.7 Å². The van der Waals surface area contributed by atoms with Gasteiger partial charge in [-0.2, -0.15) is 0 Å². The molecule has 0 aromatic rings. The third-order valence-electron chi connectivity index (χ3n) is 2.20. The summed E-state index contributed by atoms with van der Waals surface area (Å²) in [7, 11) is 1.71. The molecule has 0 saturated carbocycles. The van der Waals surface area contributed by atoms with Crippen LogP contribution in [0, 0.1) is 5.92 Å². The fourth-order valence-electron chi connectivity index (χ4n) is 1.42. The normalized spacial score (nSPS) is 32.5. The Bertz CT molecular complexity index is 154. The van der Waals surface area contributed by atoms with Crippen molar-refractivity contribution in [1.29, 1.82) is 0 Å². The van der Waals surface area contributed by atoms with Gasteiger partial charge in [-0.1, -0.05) is 6.92 Å². The quantitative estimate of drug-likeness (QED) is 0.525. The summed E-state index contributed by atoms with van der Waals surface area (Å²) in [5, 5.41) is 0. The van der Waals surface area contributed by atoms with Crippen molar-refractivity contribution >= 4 is 5.90 Å². The Hall–Kier alpha value is -0.530. The van der Waals surface area contributed by atoms with Gasteiger partial charge in [0.15, 0.2) is 5.90 Å². The Morgan fingerprint density at radius 2 is 2.09 bits per heavy atom. The van der Waals surface area contributed by atoms with Gasteiger partial charge in [0.1, 0.15) is 0 Å². The van der Waals surface area contributed by atoms with Gasteiger partial charge in [-0.05, 0) is 25.7 Å².